The Balaban J connectivity index is 2.00. The highest BCUT2D eigenvalue weighted by Crippen LogP contribution is 2.31. The molecule has 1 aliphatic carbocycles. The van der Waals surface area contributed by atoms with Gasteiger partial charge in [0.1, 0.15) is 0 Å². The van der Waals surface area contributed by atoms with Crippen LogP contribution in [0.2, 0.25) is 0 Å². The molecule has 0 unspecified atom stereocenters. The molecule has 0 bridgehead atoms. The first-order valence-corrected chi connectivity index (χ1v) is 8.96. The molecule has 4 rings (SSSR count). The number of hydrogen-bond acceptors (Lipinski definition) is 3. The van der Waals surface area contributed by atoms with Crippen molar-refractivity contribution in [2.24, 2.45) is 5.92 Å². The SMILES string of the molecule is CCCCn1c(=O)c2c(ncn2CC2CC2)n(-c2ccccc2)c1=O. The van der Waals surface area contributed by atoms with Gasteiger partial charge in [0.15, 0.2) is 11.2 Å². The van der Waals surface area contributed by atoms with Crippen LogP contribution in [0.5, 0.6) is 0 Å². The Hall–Kier alpha value is -2.63. The molecule has 0 N–H and O–H groups in total. The monoisotopic (exact) mass is 338 g/mol. The molecular weight excluding hydrogens is 316 g/mol. The molecular formula is C19H22N4O2. The van der Waals surface area contributed by atoms with Crippen LogP contribution in [0.3, 0.4) is 0 Å². The number of hydrogen-bond donors (Lipinski definition) is 0. The summed E-state index contributed by atoms with van der Waals surface area (Å²) >= 11 is 0. The Kier molecular flexibility index (Phi) is 4.03. The minimum atomic E-state index is -0.311. The number of nitrogens with zero attached hydrogens (tertiary/aromatic N) is 4. The summed E-state index contributed by atoms with van der Waals surface area (Å²) in [7, 11) is 0. The number of unbranched alkanes of at least 4 members (excludes halogenated alkanes) is 1. The van der Waals surface area contributed by atoms with Gasteiger partial charge in [-0.15, -0.1) is 0 Å². The summed E-state index contributed by atoms with van der Waals surface area (Å²) in [5, 5.41) is 0. The van der Waals surface area contributed by atoms with E-state index >= 15 is 0 Å². The fourth-order valence-electron chi connectivity index (χ4n) is 3.22. The molecule has 0 spiro atoms. The van der Waals surface area contributed by atoms with Crippen molar-refractivity contribution in [1.29, 1.82) is 0 Å². The van der Waals surface area contributed by atoms with Crippen molar-refractivity contribution in [1.82, 2.24) is 18.7 Å². The highest BCUT2D eigenvalue weighted by molar-refractivity contribution is 5.72. The molecule has 1 aliphatic rings. The third-order valence-corrected chi connectivity index (χ3v) is 4.80. The molecule has 130 valence electrons. The van der Waals surface area contributed by atoms with Crippen molar-refractivity contribution in [3.63, 3.8) is 0 Å². The van der Waals surface area contributed by atoms with E-state index < -0.39 is 0 Å². The van der Waals surface area contributed by atoms with Gasteiger partial charge in [0.2, 0.25) is 0 Å². The Morgan fingerprint density at radius 2 is 1.92 bits per heavy atom. The Morgan fingerprint density at radius 3 is 2.60 bits per heavy atom. The van der Waals surface area contributed by atoms with Gasteiger partial charge in [-0.2, -0.15) is 0 Å². The quantitative estimate of drug-likeness (QED) is 0.694. The average molecular weight is 338 g/mol. The van der Waals surface area contributed by atoms with E-state index in [9.17, 15) is 9.59 Å². The topological polar surface area (TPSA) is 61.8 Å². The largest absolute Gasteiger partial charge is 0.337 e. The molecule has 0 atom stereocenters. The highest BCUT2D eigenvalue weighted by Gasteiger charge is 2.25. The predicted octanol–water partition coefficient (Wildman–Crippen LogP) is 2.56. The number of aromatic nitrogens is 4. The van der Waals surface area contributed by atoms with E-state index in [4.69, 9.17) is 0 Å². The first-order chi connectivity index (χ1) is 12.2. The van der Waals surface area contributed by atoms with Crippen molar-refractivity contribution in [3.8, 4) is 5.69 Å². The van der Waals surface area contributed by atoms with Gasteiger partial charge in [-0.05, 0) is 37.3 Å². The zero-order valence-electron chi connectivity index (χ0n) is 14.4. The number of fused-ring (bicyclic) bond motifs is 1. The standard InChI is InChI=1S/C19H22N4O2/c1-2-3-11-22-18(24)16-17(20-13-21(16)12-14-9-10-14)23(19(22)25)15-7-5-4-6-8-15/h4-8,13-14H,2-3,9-12H2,1H3. The van der Waals surface area contributed by atoms with Gasteiger partial charge in [-0.1, -0.05) is 31.5 Å². The summed E-state index contributed by atoms with van der Waals surface area (Å²) in [4.78, 5) is 30.5. The second kappa shape index (κ2) is 6.35. The Labute approximate surface area is 145 Å². The third-order valence-electron chi connectivity index (χ3n) is 4.80. The lowest BCUT2D eigenvalue weighted by atomic mass is 10.3. The number of imidazole rings is 1. The van der Waals surface area contributed by atoms with E-state index in [0.717, 1.165) is 25.1 Å². The van der Waals surface area contributed by atoms with Crippen LogP contribution in [0, 0.1) is 5.92 Å². The number of para-hydroxylation sites is 1. The minimum Gasteiger partial charge on any atom is -0.324 e. The van der Waals surface area contributed by atoms with Gasteiger partial charge < -0.3 is 4.57 Å². The lowest BCUT2D eigenvalue weighted by molar-refractivity contribution is 0.571. The molecule has 2 heterocycles. The summed E-state index contributed by atoms with van der Waals surface area (Å²) < 4.78 is 4.86. The maximum Gasteiger partial charge on any atom is 0.337 e. The maximum absolute atomic E-state index is 13.0. The molecule has 6 heteroatoms. The minimum absolute atomic E-state index is 0.223. The van der Waals surface area contributed by atoms with E-state index in [0.29, 0.717) is 23.6 Å². The summed E-state index contributed by atoms with van der Waals surface area (Å²) in [5.41, 5.74) is 1.19. The van der Waals surface area contributed by atoms with Gasteiger partial charge in [0.25, 0.3) is 5.56 Å². The Bertz CT molecular complexity index is 1010. The van der Waals surface area contributed by atoms with Crippen LogP contribution in [0.4, 0.5) is 0 Å². The molecule has 0 aliphatic heterocycles. The van der Waals surface area contributed by atoms with Crippen LogP contribution < -0.4 is 11.2 Å². The number of benzene rings is 1. The second-order valence-electron chi connectivity index (χ2n) is 6.78. The molecule has 2 aromatic heterocycles. The molecule has 1 aromatic carbocycles. The van der Waals surface area contributed by atoms with Gasteiger partial charge in [-0.25, -0.2) is 14.3 Å². The van der Waals surface area contributed by atoms with E-state index in [2.05, 4.69) is 11.9 Å². The van der Waals surface area contributed by atoms with Crippen molar-refractivity contribution in [3.05, 3.63) is 57.5 Å². The predicted molar refractivity (Wildman–Crippen MR) is 97.2 cm³/mol. The van der Waals surface area contributed by atoms with Crippen LogP contribution in [0.1, 0.15) is 32.6 Å². The third kappa shape index (κ3) is 2.81. The van der Waals surface area contributed by atoms with E-state index in [1.165, 1.54) is 17.4 Å². The molecule has 0 amide bonds. The van der Waals surface area contributed by atoms with Gasteiger partial charge >= 0.3 is 5.69 Å². The summed E-state index contributed by atoms with van der Waals surface area (Å²) in [5.74, 6) is 0.623. The van der Waals surface area contributed by atoms with E-state index in [-0.39, 0.29) is 11.2 Å². The normalized spacial score (nSPS) is 14.3. The van der Waals surface area contributed by atoms with Gasteiger partial charge in [-0.3, -0.25) is 9.36 Å². The van der Waals surface area contributed by atoms with E-state index in [1.54, 1.807) is 10.9 Å². The van der Waals surface area contributed by atoms with Crippen LogP contribution in [0.15, 0.2) is 46.2 Å². The molecule has 25 heavy (non-hydrogen) atoms. The van der Waals surface area contributed by atoms with Crippen molar-refractivity contribution in [2.75, 3.05) is 0 Å². The zero-order valence-corrected chi connectivity index (χ0v) is 14.4. The lowest BCUT2D eigenvalue weighted by Crippen LogP contribution is -2.40. The zero-order chi connectivity index (χ0) is 17.4. The second-order valence-corrected chi connectivity index (χ2v) is 6.78. The van der Waals surface area contributed by atoms with Crippen molar-refractivity contribution >= 4 is 11.2 Å². The van der Waals surface area contributed by atoms with E-state index in [1.807, 2.05) is 34.9 Å². The molecule has 1 saturated carbocycles. The smallest absolute Gasteiger partial charge is 0.324 e. The molecule has 6 nitrogen and oxygen atoms in total. The fourth-order valence-corrected chi connectivity index (χ4v) is 3.22. The molecule has 1 fully saturated rings. The first-order valence-electron chi connectivity index (χ1n) is 8.96. The highest BCUT2D eigenvalue weighted by atomic mass is 16.2. The first kappa shape index (κ1) is 15.9. The fraction of sp³-hybridized carbons (Fsp3) is 0.421. The van der Waals surface area contributed by atoms with Crippen LogP contribution >= 0.6 is 0 Å². The van der Waals surface area contributed by atoms with Crippen LogP contribution in [-0.4, -0.2) is 18.7 Å². The molecule has 0 radical (unpaired) electrons. The summed E-state index contributed by atoms with van der Waals surface area (Å²) in [6, 6.07) is 9.42. The Morgan fingerprint density at radius 1 is 1.16 bits per heavy atom. The summed E-state index contributed by atoms with van der Waals surface area (Å²) in [6.07, 6.45) is 5.82. The molecule has 3 aromatic rings. The lowest BCUT2D eigenvalue weighted by Gasteiger charge is -2.12. The maximum atomic E-state index is 13.0. The van der Waals surface area contributed by atoms with Gasteiger partial charge in [0, 0.05) is 13.1 Å². The number of rotatable bonds is 6. The van der Waals surface area contributed by atoms with Crippen LogP contribution in [-0.2, 0) is 13.1 Å². The summed E-state index contributed by atoms with van der Waals surface area (Å²) in [6.45, 7) is 3.29. The van der Waals surface area contributed by atoms with Gasteiger partial charge in [0.05, 0.1) is 12.0 Å². The van der Waals surface area contributed by atoms with Crippen molar-refractivity contribution in [2.45, 2.75) is 45.7 Å². The molecule has 0 saturated heterocycles. The van der Waals surface area contributed by atoms with Crippen LogP contribution in [0.25, 0.3) is 16.9 Å². The van der Waals surface area contributed by atoms with Crippen molar-refractivity contribution < 1.29 is 0 Å². The average Bonchev–Trinajstić information content (AvgIpc) is 3.34.